The van der Waals surface area contributed by atoms with Gasteiger partial charge in [0.25, 0.3) is 11.7 Å². The summed E-state index contributed by atoms with van der Waals surface area (Å²) in [6, 6.07) is 0.0933. The lowest BCUT2D eigenvalue weighted by atomic mass is 10.2. The van der Waals surface area contributed by atoms with Crippen LogP contribution in [0.5, 0.6) is 0 Å². The van der Waals surface area contributed by atoms with Crippen LogP contribution in [0.4, 0.5) is 0 Å². The topological polar surface area (TPSA) is 89.3 Å². The SMILES string of the molecule is COCCCCNC(=O)c1noc(C2CCCN2)n1. The molecule has 0 aliphatic carbocycles. The Kier molecular flexibility index (Phi) is 5.29. The van der Waals surface area contributed by atoms with Crippen molar-refractivity contribution in [1.82, 2.24) is 20.8 Å². The van der Waals surface area contributed by atoms with Crippen molar-refractivity contribution in [2.45, 2.75) is 31.7 Å². The summed E-state index contributed by atoms with van der Waals surface area (Å²) in [5.41, 5.74) is 0. The van der Waals surface area contributed by atoms with Crippen molar-refractivity contribution in [2.75, 3.05) is 26.8 Å². The first kappa shape index (κ1) is 14.0. The number of methoxy groups -OCH3 is 1. The van der Waals surface area contributed by atoms with Crippen LogP contribution in [0.15, 0.2) is 4.52 Å². The molecule has 0 spiro atoms. The van der Waals surface area contributed by atoms with Crippen LogP contribution in [0.25, 0.3) is 0 Å². The summed E-state index contributed by atoms with van der Waals surface area (Å²) in [5.74, 6) is 0.322. The molecule has 1 unspecified atom stereocenters. The smallest absolute Gasteiger partial charge is 0.292 e. The van der Waals surface area contributed by atoms with E-state index in [0.29, 0.717) is 19.0 Å². The lowest BCUT2D eigenvalue weighted by molar-refractivity contribution is 0.0938. The second kappa shape index (κ2) is 7.20. The first-order valence-corrected chi connectivity index (χ1v) is 6.65. The lowest BCUT2D eigenvalue weighted by Crippen LogP contribution is -2.25. The van der Waals surface area contributed by atoms with Crippen LogP contribution < -0.4 is 10.6 Å². The maximum atomic E-state index is 11.8. The van der Waals surface area contributed by atoms with Gasteiger partial charge in [-0.3, -0.25) is 4.79 Å². The molecule has 2 heterocycles. The number of amides is 1. The molecule has 2 rings (SSSR count). The molecule has 0 radical (unpaired) electrons. The van der Waals surface area contributed by atoms with Gasteiger partial charge in [0.15, 0.2) is 0 Å². The number of nitrogens with one attached hydrogen (secondary N) is 2. The standard InChI is InChI=1S/C12H20N4O3/c1-18-8-3-2-6-14-11(17)10-15-12(19-16-10)9-5-4-7-13-9/h9,13H,2-8H2,1H3,(H,14,17). The summed E-state index contributed by atoms with van der Waals surface area (Å²) in [7, 11) is 1.66. The van der Waals surface area contributed by atoms with Gasteiger partial charge in [-0.05, 0) is 32.2 Å². The van der Waals surface area contributed by atoms with Crippen molar-refractivity contribution in [3.05, 3.63) is 11.7 Å². The van der Waals surface area contributed by atoms with E-state index in [1.165, 1.54) is 0 Å². The summed E-state index contributed by atoms with van der Waals surface area (Å²) in [6.07, 6.45) is 3.85. The summed E-state index contributed by atoms with van der Waals surface area (Å²) in [5, 5.41) is 9.72. The molecule has 0 aromatic carbocycles. The van der Waals surface area contributed by atoms with Gasteiger partial charge in [-0.1, -0.05) is 5.16 Å². The number of unbranched alkanes of at least 4 members (excludes halogenated alkanes) is 1. The third kappa shape index (κ3) is 4.00. The maximum absolute atomic E-state index is 11.8. The van der Waals surface area contributed by atoms with E-state index in [0.717, 1.165) is 32.2 Å². The second-order valence-corrected chi connectivity index (χ2v) is 4.56. The third-order valence-corrected chi connectivity index (χ3v) is 3.06. The van der Waals surface area contributed by atoms with Crippen molar-refractivity contribution in [1.29, 1.82) is 0 Å². The highest BCUT2D eigenvalue weighted by Crippen LogP contribution is 2.20. The number of aromatic nitrogens is 2. The van der Waals surface area contributed by atoms with Gasteiger partial charge in [0.05, 0.1) is 6.04 Å². The molecule has 106 valence electrons. The number of hydrogen-bond donors (Lipinski definition) is 2. The van der Waals surface area contributed by atoms with Gasteiger partial charge in [-0.2, -0.15) is 4.98 Å². The molecule has 7 nitrogen and oxygen atoms in total. The van der Waals surface area contributed by atoms with Gasteiger partial charge < -0.3 is 19.9 Å². The molecule has 1 atom stereocenters. The molecule has 1 amide bonds. The Morgan fingerprint density at radius 1 is 1.58 bits per heavy atom. The fraction of sp³-hybridized carbons (Fsp3) is 0.750. The highest BCUT2D eigenvalue weighted by molar-refractivity contribution is 5.90. The quantitative estimate of drug-likeness (QED) is 0.706. The molecule has 0 saturated carbocycles. The Morgan fingerprint density at radius 3 is 3.21 bits per heavy atom. The Labute approximate surface area is 112 Å². The molecule has 2 N–H and O–H groups in total. The zero-order valence-corrected chi connectivity index (χ0v) is 11.1. The van der Waals surface area contributed by atoms with Crippen LogP contribution >= 0.6 is 0 Å². The Hall–Kier alpha value is -1.47. The van der Waals surface area contributed by atoms with E-state index in [2.05, 4.69) is 20.8 Å². The molecular weight excluding hydrogens is 248 g/mol. The maximum Gasteiger partial charge on any atom is 0.292 e. The molecule has 0 bridgehead atoms. The minimum atomic E-state index is -0.287. The molecule has 19 heavy (non-hydrogen) atoms. The zero-order chi connectivity index (χ0) is 13.5. The van der Waals surface area contributed by atoms with E-state index in [9.17, 15) is 4.79 Å². The molecule has 1 aliphatic heterocycles. The van der Waals surface area contributed by atoms with Crippen molar-refractivity contribution in [2.24, 2.45) is 0 Å². The minimum Gasteiger partial charge on any atom is -0.385 e. The van der Waals surface area contributed by atoms with E-state index >= 15 is 0 Å². The van der Waals surface area contributed by atoms with Gasteiger partial charge in [0.2, 0.25) is 5.89 Å². The van der Waals surface area contributed by atoms with Crippen molar-refractivity contribution < 1.29 is 14.1 Å². The van der Waals surface area contributed by atoms with E-state index in [1.54, 1.807) is 7.11 Å². The number of carbonyl (C=O) groups is 1. The number of ether oxygens (including phenoxy) is 1. The monoisotopic (exact) mass is 268 g/mol. The first-order valence-electron chi connectivity index (χ1n) is 6.65. The Balaban J connectivity index is 1.76. The van der Waals surface area contributed by atoms with Gasteiger partial charge in [-0.15, -0.1) is 0 Å². The van der Waals surface area contributed by atoms with Gasteiger partial charge in [0, 0.05) is 20.3 Å². The van der Waals surface area contributed by atoms with Gasteiger partial charge in [-0.25, -0.2) is 0 Å². The fourth-order valence-electron chi connectivity index (χ4n) is 2.02. The van der Waals surface area contributed by atoms with E-state index in [-0.39, 0.29) is 17.8 Å². The van der Waals surface area contributed by atoms with E-state index in [1.807, 2.05) is 0 Å². The van der Waals surface area contributed by atoms with Crippen molar-refractivity contribution in [3.8, 4) is 0 Å². The summed E-state index contributed by atoms with van der Waals surface area (Å²) >= 11 is 0. The number of hydrogen-bond acceptors (Lipinski definition) is 6. The molecule has 1 saturated heterocycles. The summed E-state index contributed by atoms with van der Waals surface area (Å²) < 4.78 is 10.0. The zero-order valence-electron chi connectivity index (χ0n) is 11.1. The highest BCUT2D eigenvalue weighted by atomic mass is 16.5. The van der Waals surface area contributed by atoms with Gasteiger partial charge in [0.1, 0.15) is 0 Å². The van der Waals surface area contributed by atoms with Gasteiger partial charge >= 0.3 is 0 Å². The van der Waals surface area contributed by atoms with Crippen LogP contribution in [-0.4, -0.2) is 42.9 Å². The van der Waals surface area contributed by atoms with Crippen LogP contribution in [-0.2, 0) is 4.74 Å². The third-order valence-electron chi connectivity index (χ3n) is 3.06. The number of carbonyl (C=O) groups excluding carboxylic acids is 1. The fourth-order valence-corrected chi connectivity index (χ4v) is 2.02. The highest BCUT2D eigenvalue weighted by Gasteiger charge is 2.24. The van der Waals surface area contributed by atoms with Crippen molar-refractivity contribution in [3.63, 3.8) is 0 Å². The van der Waals surface area contributed by atoms with Crippen LogP contribution in [0, 0.1) is 0 Å². The summed E-state index contributed by atoms with van der Waals surface area (Å²) in [4.78, 5) is 15.9. The molecule has 1 fully saturated rings. The molecule has 1 aromatic heterocycles. The molecular formula is C12H20N4O3. The summed E-state index contributed by atoms with van der Waals surface area (Å²) in [6.45, 7) is 2.25. The molecule has 1 aliphatic rings. The Bertz CT molecular complexity index is 401. The van der Waals surface area contributed by atoms with Crippen LogP contribution in [0.2, 0.25) is 0 Å². The second-order valence-electron chi connectivity index (χ2n) is 4.56. The average molecular weight is 268 g/mol. The number of nitrogens with zero attached hydrogens (tertiary/aromatic N) is 2. The number of rotatable bonds is 7. The average Bonchev–Trinajstić information content (AvgIpc) is 3.08. The molecule has 7 heteroatoms. The normalized spacial score (nSPS) is 18.7. The van der Waals surface area contributed by atoms with Crippen LogP contribution in [0.3, 0.4) is 0 Å². The van der Waals surface area contributed by atoms with Crippen LogP contribution in [0.1, 0.15) is 48.2 Å². The predicted molar refractivity (Wildman–Crippen MR) is 67.7 cm³/mol. The Morgan fingerprint density at radius 2 is 2.47 bits per heavy atom. The van der Waals surface area contributed by atoms with E-state index in [4.69, 9.17) is 9.26 Å². The van der Waals surface area contributed by atoms with E-state index < -0.39 is 0 Å². The van der Waals surface area contributed by atoms with Crippen molar-refractivity contribution >= 4 is 5.91 Å². The molecule has 1 aromatic rings. The predicted octanol–water partition coefficient (Wildman–Crippen LogP) is 0.650. The largest absolute Gasteiger partial charge is 0.385 e. The lowest BCUT2D eigenvalue weighted by Gasteiger charge is -2.02. The first-order chi connectivity index (χ1) is 9.31. The minimum absolute atomic E-state index is 0.0933.